The summed E-state index contributed by atoms with van der Waals surface area (Å²) in [5, 5.41) is 2.89. The van der Waals surface area contributed by atoms with Gasteiger partial charge in [-0.1, -0.05) is 27.7 Å². The van der Waals surface area contributed by atoms with Crippen molar-refractivity contribution in [3.05, 3.63) is 0 Å². The van der Waals surface area contributed by atoms with Crippen molar-refractivity contribution < 1.29 is 4.79 Å². The Morgan fingerprint density at radius 1 is 1.32 bits per heavy atom. The van der Waals surface area contributed by atoms with Crippen LogP contribution in [0.15, 0.2) is 0 Å². The molecular formula is C13H31Cl2N3O. The number of carbonyl (C=O) groups is 1. The van der Waals surface area contributed by atoms with Crippen LogP contribution in [-0.2, 0) is 4.79 Å². The maximum Gasteiger partial charge on any atom is 0.237 e. The molecule has 6 heteroatoms. The van der Waals surface area contributed by atoms with Crippen LogP contribution >= 0.6 is 24.8 Å². The molecule has 0 saturated heterocycles. The number of nitrogens with one attached hydrogen (secondary N) is 1. The summed E-state index contributed by atoms with van der Waals surface area (Å²) in [5.41, 5.74) is 5.68. The monoisotopic (exact) mass is 315 g/mol. The predicted molar refractivity (Wildman–Crippen MR) is 87.3 cm³/mol. The molecule has 0 saturated carbocycles. The SMILES string of the molecule is CCC(C)N(C)CCNC(=O)[C@@H](N)C(C)(C)C.Cl.Cl. The quantitative estimate of drug-likeness (QED) is 0.788. The average Bonchev–Trinajstić information content (AvgIpc) is 2.25. The fourth-order valence-corrected chi connectivity index (χ4v) is 1.39. The van der Waals surface area contributed by atoms with Crippen LogP contribution in [0.5, 0.6) is 0 Å². The molecule has 0 aromatic rings. The zero-order chi connectivity index (χ0) is 13.6. The van der Waals surface area contributed by atoms with E-state index >= 15 is 0 Å². The van der Waals surface area contributed by atoms with Gasteiger partial charge in [-0.15, -0.1) is 24.8 Å². The summed E-state index contributed by atoms with van der Waals surface area (Å²) in [6.07, 6.45) is 1.12. The van der Waals surface area contributed by atoms with Crippen molar-refractivity contribution in [2.75, 3.05) is 20.1 Å². The van der Waals surface area contributed by atoms with Gasteiger partial charge in [0.25, 0.3) is 0 Å². The van der Waals surface area contributed by atoms with Crippen LogP contribution in [0.4, 0.5) is 0 Å². The number of halogens is 2. The lowest BCUT2D eigenvalue weighted by Gasteiger charge is -2.27. The van der Waals surface area contributed by atoms with Gasteiger partial charge in [0, 0.05) is 19.1 Å². The molecule has 0 rings (SSSR count). The van der Waals surface area contributed by atoms with Gasteiger partial charge in [-0.2, -0.15) is 0 Å². The first-order valence-corrected chi connectivity index (χ1v) is 6.43. The Hall–Kier alpha value is -0.0300. The van der Waals surface area contributed by atoms with Gasteiger partial charge < -0.3 is 16.0 Å². The van der Waals surface area contributed by atoms with Gasteiger partial charge in [-0.3, -0.25) is 4.79 Å². The molecule has 0 aromatic heterocycles. The lowest BCUT2D eigenvalue weighted by Crippen LogP contribution is -2.50. The Bertz CT molecular complexity index is 245. The van der Waals surface area contributed by atoms with E-state index in [-0.39, 0.29) is 36.1 Å². The largest absolute Gasteiger partial charge is 0.353 e. The van der Waals surface area contributed by atoms with Crippen molar-refractivity contribution in [3.63, 3.8) is 0 Å². The summed E-state index contributed by atoms with van der Waals surface area (Å²) in [4.78, 5) is 14.0. The minimum absolute atomic E-state index is 0. The molecule has 0 radical (unpaired) electrons. The van der Waals surface area contributed by atoms with Crippen LogP contribution in [0, 0.1) is 5.41 Å². The average molecular weight is 316 g/mol. The van der Waals surface area contributed by atoms with Crippen LogP contribution in [0.1, 0.15) is 41.0 Å². The first-order valence-electron chi connectivity index (χ1n) is 6.43. The topological polar surface area (TPSA) is 58.4 Å². The van der Waals surface area contributed by atoms with Crippen molar-refractivity contribution in [1.29, 1.82) is 0 Å². The number of amides is 1. The second-order valence-corrected chi connectivity index (χ2v) is 5.87. The summed E-state index contributed by atoms with van der Waals surface area (Å²) in [6, 6.07) is 0.0968. The molecule has 0 heterocycles. The fraction of sp³-hybridized carbons (Fsp3) is 0.923. The number of nitrogens with zero attached hydrogens (tertiary/aromatic N) is 1. The molecule has 1 unspecified atom stereocenters. The third-order valence-corrected chi connectivity index (χ3v) is 3.32. The van der Waals surface area contributed by atoms with Crippen molar-refractivity contribution in [2.45, 2.75) is 53.1 Å². The van der Waals surface area contributed by atoms with Crippen molar-refractivity contribution in [1.82, 2.24) is 10.2 Å². The van der Waals surface area contributed by atoms with E-state index in [4.69, 9.17) is 5.73 Å². The van der Waals surface area contributed by atoms with E-state index in [0.717, 1.165) is 13.0 Å². The van der Waals surface area contributed by atoms with Gasteiger partial charge in [-0.05, 0) is 25.8 Å². The highest BCUT2D eigenvalue weighted by Gasteiger charge is 2.27. The minimum atomic E-state index is -0.448. The number of hydrogen-bond donors (Lipinski definition) is 2. The van der Waals surface area contributed by atoms with Gasteiger partial charge in [-0.25, -0.2) is 0 Å². The Kier molecular flexibility index (Phi) is 13.6. The first kappa shape index (κ1) is 24.0. The Morgan fingerprint density at radius 3 is 2.16 bits per heavy atom. The number of carbonyl (C=O) groups excluding carboxylic acids is 1. The maximum absolute atomic E-state index is 11.8. The molecule has 118 valence electrons. The van der Waals surface area contributed by atoms with Crippen LogP contribution in [0.2, 0.25) is 0 Å². The number of hydrogen-bond acceptors (Lipinski definition) is 3. The molecule has 0 bridgehead atoms. The van der Waals surface area contributed by atoms with Crippen LogP contribution in [0.25, 0.3) is 0 Å². The van der Waals surface area contributed by atoms with Gasteiger partial charge in [0.05, 0.1) is 6.04 Å². The standard InChI is InChI=1S/C13H29N3O.2ClH/c1-7-10(2)16(6)9-8-15-12(17)11(14)13(3,4)5;;/h10-11H,7-9,14H2,1-6H3,(H,15,17);2*1H/t10?,11-;;/m1../s1. The van der Waals surface area contributed by atoms with Crippen LogP contribution in [-0.4, -0.2) is 43.0 Å². The summed E-state index contributed by atoms with van der Waals surface area (Å²) >= 11 is 0. The molecule has 19 heavy (non-hydrogen) atoms. The zero-order valence-electron chi connectivity index (χ0n) is 13.0. The summed E-state index contributed by atoms with van der Waals surface area (Å²) in [6.45, 7) is 11.8. The van der Waals surface area contributed by atoms with E-state index in [0.29, 0.717) is 12.6 Å². The van der Waals surface area contributed by atoms with E-state index in [1.165, 1.54) is 0 Å². The fourth-order valence-electron chi connectivity index (χ4n) is 1.39. The highest BCUT2D eigenvalue weighted by molar-refractivity contribution is 5.85. The molecule has 0 aliphatic heterocycles. The number of likely N-dealkylation sites (N-methyl/N-ethyl adjacent to an activating group) is 1. The van der Waals surface area contributed by atoms with Gasteiger partial charge in [0.1, 0.15) is 0 Å². The Labute approximate surface area is 130 Å². The second-order valence-electron chi connectivity index (χ2n) is 5.87. The summed E-state index contributed by atoms with van der Waals surface area (Å²) < 4.78 is 0. The van der Waals surface area contributed by atoms with E-state index in [1.807, 2.05) is 20.8 Å². The smallest absolute Gasteiger partial charge is 0.237 e. The highest BCUT2D eigenvalue weighted by atomic mass is 35.5. The van der Waals surface area contributed by atoms with E-state index < -0.39 is 6.04 Å². The normalized spacial score (nSPS) is 14.1. The highest BCUT2D eigenvalue weighted by Crippen LogP contribution is 2.16. The molecule has 0 fully saturated rings. The van der Waals surface area contributed by atoms with Gasteiger partial charge >= 0.3 is 0 Å². The molecule has 1 amide bonds. The van der Waals surface area contributed by atoms with Gasteiger partial charge in [0.2, 0.25) is 5.91 Å². The third kappa shape index (κ3) is 9.50. The molecule has 0 aliphatic rings. The molecule has 3 N–H and O–H groups in total. The van der Waals surface area contributed by atoms with E-state index in [1.54, 1.807) is 0 Å². The van der Waals surface area contributed by atoms with E-state index in [2.05, 4.69) is 31.1 Å². The Balaban J connectivity index is -0.00000128. The van der Waals surface area contributed by atoms with Crippen molar-refractivity contribution in [3.8, 4) is 0 Å². The maximum atomic E-state index is 11.8. The predicted octanol–water partition coefficient (Wildman–Crippen LogP) is 2.05. The molecule has 0 aromatic carbocycles. The van der Waals surface area contributed by atoms with E-state index in [9.17, 15) is 4.79 Å². The summed E-state index contributed by atoms with van der Waals surface area (Å²) in [7, 11) is 2.07. The van der Waals surface area contributed by atoms with Crippen molar-refractivity contribution in [2.24, 2.45) is 11.1 Å². The van der Waals surface area contributed by atoms with Gasteiger partial charge in [0.15, 0.2) is 0 Å². The first-order chi connectivity index (χ1) is 7.70. The lowest BCUT2D eigenvalue weighted by atomic mass is 9.87. The van der Waals surface area contributed by atoms with Crippen LogP contribution in [0.3, 0.4) is 0 Å². The summed E-state index contributed by atoms with van der Waals surface area (Å²) in [5.74, 6) is -0.0601. The zero-order valence-corrected chi connectivity index (χ0v) is 14.7. The van der Waals surface area contributed by atoms with Crippen LogP contribution < -0.4 is 11.1 Å². The number of rotatable bonds is 6. The molecule has 4 nitrogen and oxygen atoms in total. The second kappa shape index (κ2) is 10.7. The molecule has 2 atom stereocenters. The van der Waals surface area contributed by atoms with Crippen molar-refractivity contribution >= 4 is 30.7 Å². The number of nitrogens with two attached hydrogens (primary N) is 1. The Morgan fingerprint density at radius 2 is 1.79 bits per heavy atom. The molecule has 0 spiro atoms. The molecular weight excluding hydrogens is 285 g/mol. The minimum Gasteiger partial charge on any atom is -0.353 e. The lowest BCUT2D eigenvalue weighted by molar-refractivity contribution is -0.124. The third-order valence-electron chi connectivity index (χ3n) is 3.32. The molecule has 0 aliphatic carbocycles.